The highest BCUT2D eigenvalue weighted by Gasteiger charge is 2.61. The van der Waals surface area contributed by atoms with Gasteiger partial charge in [-0.05, 0) is 6.42 Å². The van der Waals surface area contributed by atoms with Crippen molar-refractivity contribution in [3.8, 4) is 0 Å². The van der Waals surface area contributed by atoms with E-state index in [1.807, 2.05) is 4.52 Å². The van der Waals surface area contributed by atoms with Crippen molar-refractivity contribution in [1.82, 2.24) is 14.6 Å². The predicted octanol–water partition coefficient (Wildman–Crippen LogP) is 3.34. The van der Waals surface area contributed by atoms with Crippen molar-refractivity contribution in [2.45, 2.75) is 58.6 Å². The highest BCUT2D eigenvalue weighted by atomic mass is 32.1. The molecule has 0 N–H and O–H groups in total. The Morgan fingerprint density at radius 1 is 1.39 bits per heavy atom. The van der Waals surface area contributed by atoms with Crippen molar-refractivity contribution < 1.29 is 4.74 Å². The van der Waals surface area contributed by atoms with Crippen LogP contribution in [0.25, 0.3) is 4.96 Å². The van der Waals surface area contributed by atoms with Crippen LogP contribution in [-0.4, -0.2) is 40.4 Å². The Kier molecular flexibility index (Phi) is 3.14. The van der Waals surface area contributed by atoms with E-state index < -0.39 is 0 Å². The second-order valence-electron chi connectivity index (χ2n) is 8.61. The third-order valence-corrected chi connectivity index (χ3v) is 6.57. The normalized spacial score (nSPS) is 29.6. The van der Waals surface area contributed by atoms with E-state index in [1.54, 1.807) is 11.3 Å². The Bertz CT molecular complexity index is 710. The monoisotopic (exact) mass is 334 g/mol. The summed E-state index contributed by atoms with van der Waals surface area (Å²) in [6.07, 6.45) is 3.64. The van der Waals surface area contributed by atoms with E-state index in [4.69, 9.17) is 14.8 Å². The second kappa shape index (κ2) is 4.70. The van der Waals surface area contributed by atoms with Gasteiger partial charge in [0.05, 0.1) is 18.0 Å². The van der Waals surface area contributed by atoms with Crippen LogP contribution in [0.15, 0.2) is 6.20 Å². The van der Waals surface area contributed by atoms with Crippen LogP contribution in [0.4, 0.5) is 5.13 Å². The zero-order chi connectivity index (χ0) is 16.6. The molecule has 0 spiro atoms. The first-order valence-corrected chi connectivity index (χ1v) is 9.22. The van der Waals surface area contributed by atoms with Crippen LogP contribution < -0.4 is 4.90 Å². The smallest absolute Gasteiger partial charge is 0.214 e. The molecule has 1 aliphatic heterocycles. The number of rotatable bonds is 2. The third-order valence-electron chi connectivity index (χ3n) is 5.56. The van der Waals surface area contributed by atoms with Crippen molar-refractivity contribution in [3.05, 3.63) is 11.9 Å². The summed E-state index contributed by atoms with van der Waals surface area (Å²) in [4.78, 5) is 8.09. The third kappa shape index (κ3) is 2.14. The molecule has 5 nitrogen and oxygen atoms in total. The molecule has 0 bridgehead atoms. The van der Waals surface area contributed by atoms with Gasteiger partial charge in [-0.3, -0.25) is 0 Å². The molecule has 1 saturated carbocycles. The number of nitrogens with zero attached hydrogens (tertiary/aromatic N) is 4. The Balaban J connectivity index is 1.63. The quantitative estimate of drug-likeness (QED) is 0.845. The molecular formula is C17H26N4OS. The molecular weight excluding hydrogens is 308 g/mol. The lowest BCUT2D eigenvalue weighted by atomic mass is 9.57. The lowest BCUT2D eigenvalue weighted by Gasteiger charge is -2.57. The van der Waals surface area contributed by atoms with E-state index in [-0.39, 0.29) is 10.8 Å². The largest absolute Gasteiger partial charge is 0.377 e. The zero-order valence-electron chi connectivity index (χ0n) is 14.8. The molecule has 4 rings (SSSR count). The number of hydrogen-bond acceptors (Lipinski definition) is 5. The SMILES string of the molecule is CN(c1nn2cc(C(C)(C)C)nc2s1)[C@@H]1[C@@H]2CCO[C@@H]2C1(C)C. The van der Waals surface area contributed by atoms with Gasteiger partial charge in [-0.25, -0.2) is 9.50 Å². The predicted molar refractivity (Wildman–Crippen MR) is 93.4 cm³/mol. The van der Waals surface area contributed by atoms with Gasteiger partial charge in [0.15, 0.2) is 0 Å². The standard InChI is InChI=1S/C17H26N4OS/c1-16(2,3)11-9-21-14(18-11)23-15(19-21)20(6)12-10-7-8-22-13(10)17(12,4)5/h9-10,12-13H,7-8H2,1-6H3/t10-,12+,13-/m0/s1. The number of hydrogen-bond donors (Lipinski definition) is 0. The minimum absolute atomic E-state index is 0.0594. The summed E-state index contributed by atoms with van der Waals surface area (Å²) in [6.45, 7) is 12.1. The molecule has 126 valence electrons. The minimum atomic E-state index is 0.0594. The highest BCUT2D eigenvalue weighted by molar-refractivity contribution is 7.20. The summed E-state index contributed by atoms with van der Waals surface area (Å²) >= 11 is 1.68. The van der Waals surface area contributed by atoms with Gasteiger partial charge in [-0.1, -0.05) is 46.0 Å². The molecule has 0 aromatic carbocycles. The maximum absolute atomic E-state index is 5.92. The molecule has 3 heterocycles. The number of imidazole rings is 1. The van der Waals surface area contributed by atoms with Crippen LogP contribution in [0, 0.1) is 11.3 Å². The molecule has 2 aromatic rings. The van der Waals surface area contributed by atoms with Crippen LogP contribution >= 0.6 is 11.3 Å². The van der Waals surface area contributed by atoms with Crippen molar-refractivity contribution in [1.29, 1.82) is 0 Å². The van der Waals surface area contributed by atoms with Crippen LogP contribution in [0.3, 0.4) is 0 Å². The van der Waals surface area contributed by atoms with Crippen molar-refractivity contribution in [3.63, 3.8) is 0 Å². The summed E-state index contributed by atoms with van der Waals surface area (Å²) in [5.41, 5.74) is 1.34. The molecule has 0 radical (unpaired) electrons. The van der Waals surface area contributed by atoms with E-state index >= 15 is 0 Å². The Hall–Kier alpha value is -1.14. The van der Waals surface area contributed by atoms with E-state index in [1.165, 1.54) is 6.42 Å². The lowest BCUT2D eigenvalue weighted by Crippen LogP contribution is -2.66. The van der Waals surface area contributed by atoms with Gasteiger partial charge in [0.25, 0.3) is 0 Å². The van der Waals surface area contributed by atoms with Gasteiger partial charge in [-0.15, -0.1) is 5.10 Å². The number of anilines is 1. The first-order valence-electron chi connectivity index (χ1n) is 8.41. The Morgan fingerprint density at radius 2 is 2.13 bits per heavy atom. The first-order chi connectivity index (χ1) is 10.7. The van der Waals surface area contributed by atoms with Gasteiger partial charge in [0.2, 0.25) is 10.1 Å². The fraction of sp³-hybridized carbons (Fsp3) is 0.765. The number of fused-ring (bicyclic) bond motifs is 2. The highest BCUT2D eigenvalue weighted by Crippen LogP contribution is 2.55. The van der Waals surface area contributed by atoms with Crippen LogP contribution in [-0.2, 0) is 10.2 Å². The molecule has 0 unspecified atom stereocenters. The number of ether oxygens (including phenoxy) is 1. The zero-order valence-corrected chi connectivity index (χ0v) is 15.6. The molecule has 2 aliphatic rings. The minimum Gasteiger partial charge on any atom is -0.377 e. The van der Waals surface area contributed by atoms with Crippen molar-refractivity contribution in [2.24, 2.45) is 11.3 Å². The van der Waals surface area contributed by atoms with Crippen LogP contribution in [0.2, 0.25) is 0 Å². The fourth-order valence-corrected chi connectivity index (χ4v) is 5.28. The van der Waals surface area contributed by atoms with E-state index in [0.29, 0.717) is 18.1 Å². The summed E-state index contributed by atoms with van der Waals surface area (Å²) in [7, 11) is 2.17. The lowest BCUT2D eigenvalue weighted by molar-refractivity contribution is -0.101. The van der Waals surface area contributed by atoms with Crippen molar-refractivity contribution >= 4 is 21.4 Å². The summed E-state index contributed by atoms with van der Waals surface area (Å²) in [5, 5.41) is 5.84. The van der Waals surface area contributed by atoms with Gasteiger partial charge >= 0.3 is 0 Å². The average Bonchev–Trinajstić information content (AvgIpc) is 3.08. The number of aromatic nitrogens is 3. The molecule has 1 aliphatic carbocycles. The Labute approximate surface area is 141 Å². The molecule has 2 aromatic heterocycles. The fourth-order valence-electron chi connectivity index (χ4n) is 4.40. The molecule has 0 amide bonds. The van der Waals surface area contributed by atoms with Gasteiger partial charge < -0.3 is 9.64 Å². The van der Waals surface area contributed by atoms with E-state index in [2.05, 4.69) is 52.8 Å². The molecule has 23 heavy (non-hydrogen) atoms. The maximum atomic E-state index is 5.92. The molecule has 1 saturated heterocycles. The van der Waals surface area contributed by atoms with Crippen LogP contribution in [0.5, 0.6) is 0 Å². The second-order valence-corrected chi connectivity index (χ2v) is 9.54. The Morgan fingerprint density at radius 3 is 2.78 bits per heavy atom. The summed E-state index contributed by atoms with van der Waals surface area (Å²) < 4.78 is 7.86. The van der Waals surface area contributed by atoms with Gasteiger partial charge in [0, 0.05) is 36.4 Å². The summed E-state index contributed by atoms with van der Waals surface area (Å²) in [5.74, 6) is 0.636. The first kappa shape index (κ1) is 15.4. The van der Waals surface area contributed by atoms with Crippen molar-refractivity contribution in [2.75, 3.05) is 18.6 Å². The average molecular weight is 334 g/mol. The molecule has 3 atom stereocenters. The van der Waals surface area contributed by atoms with Gasteiger partial charge in [0.1, 0.15) is 0 Å². The maximum Gasteiger partial charge on any atom is 0.214 e. The van der Waals surface area contributed by atoms with Gasteiger partial charge in [-0.2, -0.15) is 0 Å². The van der Waals surface area contributed by atoms with E-state index in [0.717, 1.165) is 22.4 Å². The van der Waals surface area contributed by atoms with E-state index in [9.17, 15) is 0 Å². The molecule has 2 fully saturated rings. The topological polar surface area (TPSA) is 42.7 Å². The van der Waals surface area contributed by atoms with Crippen LogP contribution in [0.1, 0.15) is 46.7 Å². The summed E-state index contributed by atoms with van der Waals surface area (Å²) in [6, 6.07) is 0.493. The molecule has 6 heteroatoms.